The predicted octanol–water partition coefficient (Wildman–Crippen LogP) is 5.64. The SMILES string of the molecule is COc1ccc(-c2cccc3sc4ccccc4c23)c([N+](=O)[O-])c1. The number of ether oxygens (including phenoxy) is 1. The van der Waals surface area contributed by atoms with E-state index in [1.165, 1.54) is 17.9 Å². The van der Waals surface area contributed by atoms with E-state index in [-0.39, 0.29) is 10.6 Å². The number of methoxy groups -OCH3 is 1. The molecular weight excluding hydrogens is 322 g/mol. The molecule has 0 aliphatic carbocycles. The van der Waals surface area contributed by atoms with Gasteiger partial charge in [-0.05, 0) is 29.8 Å². The molecule has 5 heteroatoms. The third-order valence-electron chi connectivity index (χ3n) is 4.09. The molecule has 0 radical (unpaired) electrons. The van der Waals surface area contributed by atoms with E-state index >= 15 is 0 Å². The van der Waals surface area contributed by atoms with Gasteiger partial charge in [-0.2, -0.15) is 0 Å². The highest BCUT2D eigenvalue weighted by Gasteiger charge is 2.20. The molecule has 3 aromatic carbocycles. The first-order valence-electron chi connectivity index (χ1n) is 7.42. The lowest BCUT2D eigenvalue weighted by Gasteiger charge is -2.07. The highest BCUT2D eigenvalue weighted by atomic mass is 32.1. The Bertz CT molecular complexity index is 1080. The molecule has 118 valence electrons. The number of nitrogens with zero attached hydrogens (tertiary/aromatic N) is 1. The molecule has 0 atom stereocenters. The van der Waals surface area contributed by atoms with Crippen LogP contribution in [0, 0.1) is 10.1 Å². The summed E-state index contributed by atoms with van der Waals surface area (Å²) < 4.78 is 7.44. The van der Waals surface area contributed by atoms with E-state index in [1.807, 2.05) is 24.3 Å². The van der Waals surface area contributed by atoms with Gasteiger partial charge in [0.2, 0.25) is 0 Å². The summed E-state index contributed by atoms with van der Waals surface area (Å²) in [6, 6.07) is 19.1. The fourth-order valence-electron chi connectivity index (χ4n) is 3.02. The van der Waals surface area contributed by atoms with Gasteiger partial charge < -0.3 is 4.74 Å². The van der Waals surface area contributed by atoms with Gasteiger partial charge in [0.15, 0.2) is 0 Å². The van der Waals surface area contributed by atoms with Gasteiger partial charge in [-0.1, -0.05) is 30.3 Å². The molecule has 0 aliphatic rings. The Balaban J connectivity index is 2.09. The van der Waals surface area contributed by atoms with Crippen LogP contribution in [0.15, 0.2) is 60.7 Å². The second-order valence-corrected chi connectivity index (χ2v) is 6.50. The number of rotatable bonds is 3. The largest absolute Gasteiger partial charge is 0.497 e. The summed E-state index contributed by atoms with van der Waals surface area (Å²) >= 11 is 1.70. The lowest BCUT2D eigenvalue weighted by atomic mass is 9.98. The van der Waals surface area contributed by atoms with Crippen molar-refractivity contribution in [1.29, 1.82) is 0 Å². The molecule has 0 N–H and O–H groups in total. The molecule has 4 rings (SSSR count). The van der Waals surface area contributed by atoms with Gasteiger partial charge in [-0.25, -0.2) is 0 Å². The van der Waals surface area contributed by atoms with Gasteiger partial charge in [0.1, 0.15) is 5.75 Å². The molecule has 1 aromatic heterocycles. The topological polar surface area (TPSA) is 52.4 Å². The minimum absolute atomic E-state index is 0.0529. The van der Waals surface area contributed by atoms with Gasteiger partial charge in [-0.3, -0.25) is 10.1 Å². The lowest BCUT2D eigenvalue weighted by Crippen LogP contribution is -1.94. The van der Waals surface area contributed by atoms with Crippen LogP contribution in [0.25, 0.3) is 31.3 Å². The first kappa shape index (κ1) is 14.7. The fraction of sp³-hybridized carbons (Fsp3) is 0.0526. The molecule has 4 aromatic rings. The Kier molecular flexibility index (Phi) is 3.43. The number of thiophene rings is 1. The smallest absolute Gasteiger partial charge is 0.280 e. The van der Waals surface area contributed by atoms with Crippen molar-refractivity contribution >= 4 is 37.2 Å². The van der Waals surface area contributed by atoms with E-state index in [2.05, 4.69) is 18.2 Å². The molecule has 24 heavy (non-hydrogen) atoms. The summed E-state index contributed by atoms with van der Waals surface area (Å²) in [5.41, 5.74) is 1.53. The number of fused-ring (bicyclic) bond motifs is 3. The minimum Gasteiger partial charge on any atom is -0.497 e. The van der Waals surface area contributed by atoms with Crippen LogP contribution < -0.4 is 4.74 Å². The third-order valence-corrected chi connectivity index (χ3v) is 5.23. The average Bonchev–Trinajstić information content (AvgIpc) is 2.99. The third kappa shape index (κ3) is 2.21. The predicted molar refractivity (Wildman–Crippen MR) is 98.0 cm³/mol. The van der Waals surface area contributed by atoms with Crippen LogP contribution in [0.2, 0.25) is 0 Å². The van der Waals surface area contributed by atoms with Crippen LogP contribution >= 0.6 is 11.3 Å². The Morgan fingerprint density at radius 2 is 1.75 bits per heavy atom. The molecule has 4 nitrogen and oxygen atoms in total. The molecular formula is C19H13NO3S. The van der Waals surface area contributed by atoms with Crippen molar-refractivity contribution in [2.75, 3.05) is 7.11 Å². The summed E-state index contributed by atoms with van der Waals surface area (Å²) in [6.07, 6.45) is 0. The highest BCUT2D eigenvalue weighted by Crippen LogP contribution is 2.42. The van der Waals surface area contributed by atoms with Gasteiger partial charge in [0, 0.05) is 20.2 Å². The quantitative estimate of drug-likeness (QED) is 0.360. The zero-order chi connectivity index (χ0) is 16.7. The standard InChI is InChI=1S/C19H13NO3S/c1-23-12-9-10-13(16(11-12)20(21)22)14-6-4-8-18-19(14)15-5-2-3-7-17(15)24-18/h2-11H,1H3. The van der Waals surface area contributed by atoms with Gasteiger partial charge >= 0.3 is 0 Å². The maximum Gasteiger partial charge on any atom is 0.280 e. The second kappa shape index (κ2) is 5.62. The molecule has 0 amide bonds. The summed E-state index contributed by atoms with van der Waals surface area (Å²) in [5, 5.41) is 13.7. The number of nitro groups is 1. The molecule has 0 aliphatic heterocycles. The van der Waals surface area contributed by atoms with E-state index in [0.717, 1.165) is 21.0 Å². The molecule has 0 unspecified atom stereocenters. The molecule has 0 bridgehead atoms. The van der Waals surface area contributed by atoms with Crippen LogP contribution in [0.4, 0.5) is 5.69 Å². The van der Waals surface area contributed by atoms with E-state index in [4.69, 9.17) is 4.74 Å². The van der Waals surface area contributed by atoms with Crippen molar-refractivity contribution in [2.24, 2.45) is 0 Å². The van der Waals surface area contributed by atoms with Gasteiger partial charge in [0.25, 0.3) is 5.69 Å². The molecule has 1 heterocycles. The van der Waals surface area contributed by atoms with Gasteiger partial charge in [-0.15, -0.1) is 11.3 Å². The van der Waals surface area contributed by atoms with E-state index in [9.17, 15) is 10.1 Å². The summed E-state index contributed by atoms with van der Waals surface area (Å²) in [5.74, 6) is 0.479. The number of nitro benzene ring substituents is 1. The first-order chi connectivity index (χ1) is 11.7. The van der Waals surface area contributed by atoms with Crippen LogP contribution in [0.5, 0.6) is 5.75 Å². The number of hydrogen-bond donors (Lipinski definition) is 0. The maximum absolute atomic E-state index is 11.6. The van der Waals surface area contributed by atoms with Crippen molar-refractivity contribution in [3.8, 4) is 16.9 Å². The van der Waals surface area contributed by atoms with Gasteiger partial charge in [0.05, 0.1) is 23.7 Å². The Hall–Kier alpha value is -2.92. The van der Waals surface area contributed by atoms with E-state index in [1.54, 1.807) is 23.5 Å². The van der Waals surface area contributed by atoms with Crippen molar-refractivity contribution < 1.29 is 9.66 Å². The maximum atomic E-state index is 11.6. The van der Waals surface area contributed by atoms with Crippen LogP contribution in [0.3, 0.4) is 0 Å². The lowest BCUT2D eigenvalue weighted by molar-refractivity contribution is -0.384. The zero-order valence-corrected chi connectivity index (χ0v) is 13.7. The summed E-state index contributed by atoms with van der Waals surface area (Å²) in [4.78, 5) is 11.2. The first-order valence-corrected chi connectivity index (χ1v) is 8.24. The number of hydrogen-bond acceptors (Lipinski definition) is 4. The molecule has 0 spiro atoms. The fourth-order valence-corrected chi connectivity index (χ4v) is 4.15. The van der Waals surface area contributed by atoms with Crippen LogP contribution in [-0.2, 0) is 0 Å². The van der Waals surface area contributed by atoms with Crippen molar-refractivity contribution in [3.05, 3.63) is 70.8 Å². The van der Waals surface area contributed by atoms with Crippen LogP contribution in [0.1, 0.15) is 0 Å². The molecule has 0 saturated heterocycles. The monoisotopic (exact) mass is 335 g/mol. The normalized spacial score (nSPS) is 11.0. The minimum atomic E-state index is -0.356. The van der Waals surface area contributed by atoms with Crippen molar-refractivity contribution in [3.63, 3.8) is 0 Å². The Morgan fingerprint density at radius 3 is 2.54 bits per heavy atom. The molecule has 0 saturated carbocycles. The Morgan fingerprint density at radius 1 is 0.958 bits per heavy atom. The second-order valence-electron chi connectivity index (χ2n) is 5.42. The van der Waals surface area contributed by atoms with Crippen molar-refractivity contribution in [2.45, 2.75) is 0 Å². The molecule has 0 fully saturated rings. The van der Waals surface area contributed by atoms with E-state index < -0.39 is 0 Å². The number of benzene rings is 3. The average molecular weight is 335 g/mol. The van der Waals surface area contributed by atoms with Crippen LogP contribution in [-0.4, -0.2) is 12.0 Å². The van der Waals surface area contributed by atoms with Crippen molar-refractivity contribution in [1.82, 2.24) is 0 Å². The zero-order valence-electron chi connectivity index (χ0n) is 12.9. The summed E-state index contributed by atoms with van der Waals surface area (Å²) in [7, 11) is 1.51. The van der Waals surface area contributed by atoms with E-state index in [0.29, 0.717) is 11.3 Å². The summed E-state index contributed by atoms with van der Waals surface area (Å²) in [6.45, 7) is 0. The Labute approximate surface area is 142 Å². The highest BCUT2D eigenvalue weighted by molar-refractivity contribution is 7.25.